The van der Waals surface area contributed by atoms with Crippen molar-refractivity contribution in [2.75, 3.05) is 19.6 Å². The van der Waals surface area contributed by atoms with Crippen molar-refractivity contribution >= 4 is 16.9 Å². The number of amides is 1. The molecule has 2 N–H and O–H groups in total. The number of carbonyl (C=O) groups excluding carboxylic acids is 1. The van der Waals surface area contributed by atoms with Crippen LogP contribution >= 0.6 is 0 Å². The van der Waals surface area contributed by atoms with Crippen LogP contribution in [0.2, 0.25) is 0 Å². The van der Waals surface area contributed by atoms with Gasteiger partial charge in [0.25, 0.3) is 0 Å². The molecule has 0 atom stereocenters. The third-order valence-electron chi connectivity index (χ3n) is 4.44. The molecular weight excluding hydrogens is 304 g/mol. The van der Waals surface area contributed by atoms with Gasteiger partial charge in [-0.05, 0) is 25.0 Å². The lowest BCUT2D eigenvalue weighted by atomic mass is 10.2. The summed E-state index contributed by atoms with van der Waals surface area (Å²) in [6, 6.07) is 9.91. The van der Waals surface area contributed by atoms with E-state index in [1.165, 1.54) is 0 Å². The summed E-state index contributed by atoms with van der Waals surface area (Å²) in [6.45, 7) is 2.69. The number of hydrogen-bond acceptors (Lipinski definition) is 4. The minimum absolute atomic E-state index is 0.168. The van der Waals surface area contributed by atoms with E-state index in [4.69, 9.17) is 4.42 Å². The highest BCUT2D eigenvalue weighted by Crippen LogP contribution is 2.28. The molecule has 0 unspecified atom stereocenters. The Bertz CT molecular complexity index is 812. The molecule has 3 aromatic rings. The van der Waals surface area contributed by atoms with E-state index in [0.29, 0.717) is 13.1 Å². The fraction of sp³-hybridized carbons (Fsp3) is 0.333. The van der Waals surface area contributed by atoms with Crippen molar-refractivity contribution in [1.82, 2.24) is 20.4 Å². The first-order valence-corrected chi connectivity index (χ1v) is 8.31. The van der Waals surface area contributed by atoms with E-state index in [0.717, 1.165) is 53.9 Å². The first kappa shape index (κ1) is 15.0. The molecule has 0 aliphatic carbocycles. The van der Waals surface area contributed by atoms with Crippen molar-refractivity contribution in [2.45, 2.75) is 19.4 Å². The fourth-order valence-electron chi connectivity index (χ4n) is 3.15. The zero-order chi connectivity index (χ0) is 16.4. The number of furan rings is 1. The van der Waals surface area contributed by atoms with Crippen LogP contribution in [0.4, 0.5) is 0 Å². The molecule has 0 spiro atoms. The topological polar surface area (TPSA) is 74.2 Å². The Morgan fingerprint density at radius 2 is 2.12 bits per heavy atom. The van der Waals surface area contributed by atoms with Gasteiger partial charge < -0.3 is 14.6 Å². The molecule has 0 radical (unpaired) electrons. The number of fused-ring (bicyclic) bond motifs is 1. The monoisotopic (exact) mass is 324 g/mol. The molecule has 2 aromatic heterocycles. The summed E-state index contributed by atoms with van der Waals surface area (Å²) < 4.78 is 5.89. The maximum Gasteiger partial charge on any atom is 0.236 e. The minimum Gasteiger partial charge on any atom is -0.454 e. The Morgan fingerprint density at radius 1 is 1.29 bits per heavy atom. The fourth-order valence-corrected chi connectivity index (χ4v) is 3.15. The van der Waals surface area contributed by atoms with Gasteiger partial charge in [-0.2, -0.15) is 5.10 Å². The molecule has 1 aliphatic rings. The number of nitrogens with one attached hydrogen (secondary N) is 2. The Hall–Kier alpha value is -2.60. The van der Waals surface area contributed by atoms with E-state index in [1.807, 2.05) is 35.2 Å². The average molecular weight is 324 g/mol. The second-order valence-electron chi connectivity index (χ2n) is 6.11. The summed E-state index contributed by atoms with van der Waals surface area (Å²) in [6.07, 6.45) is 4.00. The second kappa shape index (κ2) is 6.49. The molecule has 1 aliphatic heterocycles. The molecule has 0 bridgehead atoms. The van der Waals surface area contributed by atoms with Crippen LogP contribution in [0.3, 0.4) is 0 Å². The Labute approximate surface area is 139 Å². The third kappa shape index (κ3) is 2.92. The summed E-state index contributed by atoms with van der Waals surface area (Å²) in [5.74, 6) is 0.928. The number of H-pyrrole nitrogens is 1. The van der Waals surface area contributed by atoms with Gasteiger partial charge in [-0.3, -0.25) is 9.89 Å². The Morgan fingerprint density at radius 3 is 2.96 bits per heavy atom. The summed E-state index contributed by atoms with van der Waals surface area (Å²) >= 11 is 0. The van der Waals surface area contributed by atoms with Crippen LogP contribution < -0.4 is 5.32 Å². The van der Waals surface area contributed by atoms with Crippen LogP contribution in [0.25, 0.3) is 22.4 Å². The van der Waals surface area contributed by atoms with E-state index in [2.05, 4.69) is 15.5 Å². The quantitative estimate of drug-likeness (QED) is 0.756. The number of aromatic amines is 1. The first-order valence-electron chi connectivity index (χ1n) is 8.31. The predicted molar refractivity (Wildman–Crippen MR) is 91.3 cm³/mol. The molecule has 6 nitrogen and oxygen atoms in total. The number of benzene rings is 1. The Balaban J connectivity index is 1.43. The van der Waals surface area contributed by atoms with Gasteiger partial charge in [0.05, 0.1) is 12.7 Å². The van der Waals surface area contributed by atoms with E-state index < -0.39 is 0 Å². The summed E-state index contributed by atoms with van der Waals surface area (Å²) in [4.78, 5) is 14.0. The number of hydrogen-bond donors (Lipinski definition) is 2. The van der Waals surface area contributed by atoms with Crippen molar-refractivity contribution in [3.8, 4) is 11.5 Å². The summed E-state index contributed by atoms with van der Waals surface area (Å²) in [7, 11) is 0. The van der Waals surface area contributed by atoms with E-state index in [9.17, 15) is 4.79 Å². The molecule has 1 aromatic carbocycles. The number of likely N-dealkylation sites (tertiary alicyclic amines) is 1. The predicted octanol–water partition coefficient (Wildman–Crippen LogP) is 2.53. The van der Waals surface area contributed by atoms with Gasteiger partial charge in [-0.25, -0.2) is 0 Å². The number of carbonyl (C=O) groups is 1. The van der Waals surface area contributed by atoms with E-state index in [-0.39, 0.29) is 5.91 Å². The minimum atomic E-state index is 0.168. The lowest BCUT2D eigenvalue weighted by molar-refractivity contribution is -0.129. The normalized spacial score (nSPS) is 14.6. The second-order valence-corrected chi connectivity index (χ2v) is 6.11. The highest BCUT2D eigenvalue weighted by molar-refractivity contribution is 5.82. The van der Waals surface area contributed by atoms with Gasteiger partial charge in [-0.1, -0.05) is 18.2 Å². The molecular formula is C18H20N4O2. The van der Waals surface area contributed by atoms with Crippen LogP contribution in [-0.4, -0.2) is 40.6 Å². The van der Waals surface area contributed by atoms with E-state index >= 15 is 0 Å². The van der Waals surface area contributed by atoms with E-state index in [1.54, 1.807) is 6.20 Å². The first-order chi connectivity index (χ1) is 11.8. The SMILES string of the molecule is O=C(CNCc1cn[nH]c1-c1cc2ccccc2o1)N1CCCC1. The number of para-hydroxylation sites is 1. The third-order valence-corrected chi connectivity index (χ3v) is 4.44. The van der Waals surface area contributed by atoms with Crippen molar-refractivity contribution in [1.29, 1.82) is 0 Å². The number of nitrogens with zero attached hydrogens (tertiary/aromatic N) is 2. The van der Waals surface area contributed by atoms with Gasteiger partial charge in [0.2, 0.25) is 5.91 Å². The average Bonchev–Trinajstić information content (AvgIpc) is 3.33. The van der Waals surface area contributed by atoms with Gasteiger partial charge >= 0.3 is 0 Å². The lowest BCUT2D eigenvalue weighted by Gasteiger charge is -2.15. The highest BCUT2D eigenvalue weighted by Gasteiger charge is 2.18. The number of rotatable bonds is 5. The maximum absolute atomic E-state index is 12.1. The van der Waals surface area contributed by atoms with Crippen molar-refractivity contribution in [2.24, 2.45) is 0 Å². The van der Waals surface area contributed by atoms with Crippen molar-refractivity contribution in [3.63, 3.8) is 0 Å². The smallest absolute Gasteiger partial charge is 0.236 e. The summed E-state index contributed by atoms with van der Waals surface area (Å²) in [5, 5.41) is 11.4. The van der Waals surface area contributed by atoms with Gasteiger partial charge in [0, 0.05) is 30.6 Å². The van der Waals surface area contributed by atoms with Gasteiger partial charge in [0.1, 0.15) is 11.3 Å². The molecule has 1 saturated heterocycles. The van der Waals surface area contributed by atoms with Gasteiger partial charge in [-0.15, -0.1) is 0 Å². The van der Waals surface area contributed by atoms with Crippen LogP contribution in [0, 0.1) is 0 Å². The molecule has 1 fully saturated rings. The molecule has 1 amide bonds. The van der Waals surface area contributed by atoms with Crippen LogP contribution in [-0.2, 0) is 11.3 Å². The Kier molecular flexibility index (Phi) is 4.04. The molecule has 4 rings (SSSR count). The summed E-state index contributed by atoms with van der Waals surface area (Å²) in [5.41, 5.74) is 2.70. The molecule has 124 valence electrons. The standard InChI is InChI=1S/C18H20N4O2/c23-17(22-7-3-4-8-22)12-19-10-14-11-20-21-18(14)16-9-13-5-1-2-6-15(13)24-16/h1-2,5-6,9,11,19H,3-4,7-8,10,12H2,(H,20,21). The zero-order valence-corrected chi connectivity index (χ0v) is 13.4. The lowest BCUT2D eigenvalue weighted by Crippen LogP contribution is -2.35. The highest BCUT2D eigenvalue weighted by atomic mass is 16.3. The number of aromatic nitrogens is 2. The van der Waals surface area contributed by atoms with Crippen molar-refractivity contribution in [3.05, 3.63) is 42.1 Å². The zero-order valence-electron chi connectivity index (χ0n) is 13.4. The molecule has 0 saturated carbocycles. The van der Waals surface area contributed by atoms with Crippen molar-refractivity contribution < 1.29 is 9.21 Å². The van der Waals surface area contributed by atoms with Crippen LogP contribution in [0.15, 0.2) is 40.9 Å². The molecule has 6 heteroatoms. The molecule has 24 heavy (non-hydrogen) atoms. The largest absolute Gasteiger partial charge is 0.454 e. The van der Waals surface area contributed by atoms with Gasteiger partial charge in [0.15, 0.2) is 5.76 Å². The van der Waals surface area contributed by atoms with Crippen LogP contribution in [0.5, 0.6) is 0 Å². The van der Waals surface area contributed by atoms with Crippen LogP contribution in [0.1, 0.15) is 18.4 Å². The maximum atomic E-state index is 12.1. The molecule has 3 heterocycles.